The van der Waals surface area contributed by atoms with Gasteiger partial charge in [0.05, 0.1) is 22.4 Å². The molecule has 0 saturated carbocycles. The third-order valence-corrected chi connectivity index (χ3v) is 7.30. The molecule has 5 rings (SSSR count). The number of aromatic nitrogens is 2. The molecule has 1 aromatic heterocycles. The molecule has 1 heterocycles. The number of ketones is 2. The fourth-order valence-electron chi connectivity index (χ4n) is 4.69. The number of nitrogens with one attached hydrogen (secondary N) is 4. The Morgan fingerprint density at radius 1 is 0.654 bits per heavy atom. The molecule has 0 aliphatic rings. The first-order valence-corrected chi connectivity index (χ1v) is 15.7. The van der Waals surface area contributed by atoms with Gasteiger partial charge in [-0.15, -0.1) is 0 Å². The van der Waals surface area contributed by atoms with Crippen LogP contribution < -0.4 is 37.3 Å². The van der Waals surface area contributed by atoms with Crippen LogP contribution in [0.25, 0.3) is 11.0 Å². The molecule has 0 radical (unpaired) electrons. The molecule has 17 nitrogen and oxygen atoms in total. The van der Waals surface area contributed by atoms with E-state index in [2.05, 4.69) is 41.1 Å². The lowest BCUT2D eigenvalue weighted by Crippen LogP contribution is -2.31. The van der Waals surface area contributed by atoms with Crippen molar-refractivity contribution in [3.8, 4) is 11.5 Å². The average molecular weight is 707 g/mol. The lowest BCUT2D eigenvalue weighted by atomic mass is 10.2. The van der Waals surface area contributed by atoms with Crippen molar-refractivity contribution in [2.75, 3.05) is 35.3 Å². The van der Waals surface area contributed by atoms with Gasteiger partial charge in [0.2, 0.25) is 12.1 Å². The Kier molecular flexibility index (Phi) is 11.5. The van der Waals surface area contributed by atoms with Crippen LogP contribution in [0.2, 0.25) is 0 Å². The van der Waals surface area contributed by atoms with E-state index in [1.54, 1.807) is 72.8 Å². The normalized spacial score (nSPS) is 12.4. The smallest absolute Gasteiger partial charge is 0.323 e. The molecule has 8 N–H and O–H groups in total. The number of aromatic amines is 2. The zero-order valence-electron chi connectivity index (χ0n) is 28.0. The number of para-hydroxylation sites is 2. The first-order valence-electron chi connectivity index (χ1n) is 15.7. The summed E-state index contributed by atoms with van der Waals surface area (Å²) in [5, 5.41) is 21.4. The van der Waals surface area contributed by atoms with Gasteiger partial charge in [-0.3, -0.25) is 19.2 Å². The number of imidazole rings is 1. The summed E-state index contributed by atoms with van der Waals surface area (Å²) in [6, 6.07) is 19.7. The molecule has 0 spiro atoms. The van der Waals surface area contributed by atoms with Crippen LogP contribution in [0.15, 0.2) is 110 Å². The number of ether oxygens (including phenoxy) is 2. The van der Waals surface area contributed by atoms with Crippen LogP contribution in [0.3, 0.4) is 0 Å². The number of benzene rings is 4. The van der Waals surface area contributed by atoms with Crippen LogP contribution >= 0.6 is 0 Å². The SMILES string of the molecule is CC(=O)C(/N=N/c1ccccc1OCCOc1ccccc1/N=N/C(C(C)=O)C(=O)Nc1ccc2[nH]c(=O)[nH]c2c1)C(=O)Nc1ccc(N)c(N)c1. The number of rotatable bonds is 15. The molecule has 266 valence electrons. The predicted molar refractivity (Wildman–Crippen MR) is 193 cm³/mol. The lowest BCUT2D eigenvalue weighted by molar-refractivity contribution is -0.127. The number of nitrogen functional groups attached to an aromatic ring is 2. The predicted octanol–water partition coefficient (Wildman–Crippen LogP) is 4.84. The third-order valence-electron chi connectivity index (χ3n) is 7.30. The number of azo groups is 2. The van der Waals surface area contributed by atoms with Gasteiger partial charge >= 0.3 is 5.69 Å². The second-order valence-corrected chi connectivity index (χ2v) is 11.3. The molecule has 0 aliphatic heterocycles. The highest BCUT2D eigenvalue weighted by Crippen LogP contribution is 2.30. The maximum atomic E-state index is 12.9. The first kappa shape index (κ1) is 36.1. The van der Waals surface area contributed by atoms with Gasteiger partial charge in [0.15, 0.2) is 11.6 Å². The number of H-pyrrole nitrogens is 2. The second kappa shape index (κ2) is 16.5. The Morgan fingerprint density at radius 3 is 1.65 bits per heavy atom. The molecule has 2 amide bonds. The Labute approximate surface area is 295 Å². The monoisotopic (exact) mass is 706 g/mol. The van der Waals surface area contributed by atoms with Crippen LogP contribution in [0.5, 0.6) is 11.5 Å². The van der Waals surface area contributed by atoms with Gasteiger partial charge in [0, 0.05) is 11.4 Å². The van der Waals surface area contributed by atoms with Crippen molar-refractivity contribution in [2.24, 2.45) is 20.5 Å². The highest BCUT2D eigenvalue weighted by Gasteiger charge is 2.25. The average Bonchev–Trinajstić information content (AvgIpc) is 3.48. The van der Waals surface area contributed by atoms with Crippen LogP contribution in [0.4, 0.5) is 34.1 Å². The number of nitrogens with two attached hydrogens (primary N) is 2. The first-order chi connectivity index (χ1) is 25.0. The molecule has 17 heteroatoms. The molecule has 2 atom stereocenters. The molecule has 0 saturated heterocycles. The van der Waals surface area contributed by atoms with Gasteiger partial charge in [0.1, 0.15) is 36.1 Å². The molecular formula is C35H34N10O7. The summed E-state index contributed by atoms with van der Waals surface area (Å²) in [5.41, 5.74) is 14.0. The summed E-state index contributed by atoms with van der Waals surface area (Å²) in [4.78, 5) is 67.2. The van der Waals surface area contributed by atoms with E-state index in [0.717, 1.165) is 0 Å². The van der Waals surface area contributed by atoms with Gasteiger partial charge in [-0.25, -0.2) is 4.79 Å². The maximum Gasteiger partial charge on any atom is 0.323 e. The van der Waals surface area contributed by atoms with Gasteiger partial charge in [-0.1, -0.05) is 24.3 Å². The number of fused-ring (bicyclic) bond motifs is 1. The molecule has 0 aliphatic carbocycles. The number of anilines is 4. The number of carbonyl (C=O) groups excluding carboxylic acids is 4. The minimum absolute atomic E-state index is 0.0432. The molecular weight excluding hydrogens is 672 g/mol. The molecule has 5 aromatic rings. The largest absolute Gasteiger partial charge is 0.488 e. The van der Waals surface area contributed by atoms with E-state index in [1.165, 1.54) is 26.0 Å². The number of hydrogen-bond acceptors (Lipinski definition) is 13. The van der Waals surface area contributed by atoms with Crippen molar-refractivity contribution in [3.05, 3.63) is 95.4 Å². The van der Waals surface area contributed by atoms with E-state index < -0.39 is 41.2 Å². The molecule has 0 bridgehead atoms. The second-order valence-electron chi connectivity index (χ2n) is 11.3. The fourth-order valence-corrected chi connectivity index (χ4v) is 4.69. The lowest BCUT2D eigenvalue weighted by Gasteiger charge is -2.12. The van der Waals surface area contributed by atoms with Crippen molar-refractivity contribution in [1.82, 2.24) is 9.97 Å². The van der Waals surface area contributed by atoms with Gasteiger partial charge in [-0.05, 0) is 74.5 Å². The summed E-state index contributed by atoms with van der Waals surface area (Å²) in [6.07, 6.45) is 0. The Bertz CT molecular complexity index is 2240. The molecule has 0 fully saturated rings. The zero-order chi connectivity index (χ0) is 37.2. The number of amides is 2. The van der Waals surface area contributed by atoms with E-state index in [9.17, 15) is 24.0 Å². The van der Waals surface area contributed by atoms with Crippen LogP contribution in [0, 0.1) is 0 Å². The highest BCUT2D eigenvalue weighted by molar-refractivity contribution is 6.11. The van der Waals surface area contributed by atoms with E-state index in [0.29, 0.717) is 39.6 Å². The number of carbonyl (C=O) groups is 4. The highest BCUT2D eigenvalue weighted by atomic mass is 16.5. The Morgan fingerprint density at radius 2 is 1.13 bits per heavy atom. The Hall–Kier alpha value is -7.17. The number of nitrogens with zero attached hydrogens (tertiary/aromatic N) is 4. The summed E-state index contributed by atoms with van der Waals surface area (Å²) >= 11 is 0. The minimum atomic E-state index is -1.45. The molecule has 2 unspecified atom stereocenters. The minimum Gasteiger partial charge on any atom is -0.488 e. The molecule has 52 heavy (non-hydrogen) atoms. The fraction of sp³-hybridized carbons (Fsp3) is 0.171. The van der Waals surface area contributed by atoms with E-state index >= 15 is 0 Å². The van der Waals surface area contributed by atoms with Crippen LogP contribution in [-0.4, -0.2) is 58.6 Å². The Balaban J connectivity index is 1.19. The topological polar surface area (TPSA) is 261 Å². The van der Waals surface area contributed by atoms with Gasteiger partial charge < -0.3 is 41.5 Å². The van der Waals surface area contributed by atoms with Crippen molar-refractivity contribution < 1.29 is 28.7 Å². The van der Waals surface area contributed by atoms with Crippen molar-refractivity contribution in [1.29, 1.82) is 0 Å². The summed E-state index contributed by atoms with van der Waals surface area (Å²) in [6.45, 7) is 2.54. The van der Waals surface area contributed by atoms with E-state index in [-0.39, 0.29) is 30.3 Å². The zero-order valence-corrected chi connectivity index (χ0v) is 28.0. The quantitative estimate of drug-likeness (QED) is 0.0376. The molecule has 4 aromatic carbocycles. The van der Waals surface area contributed by atoms with Gasteiger partial charge in [0.25, 0.3) is 11.8 Å². The summed E-state index contributed by atoms with van der Waals surface area (Å²) in [7, 11) is 0. The summed E-state index contributed by atoms with van der Waals surface area (Å²) < 4.78 is 11.7. The van der Waals surface area contributed by atoms with Crippen LogP contribution in [-0.2, 0) is 19.2 Å². The third kappa shape index (κ3) is 9.29. The standard InChI is InChI=1S/C35H34N10O7/c1-19(46)31(33(48)38-21-11-13-23(36)24(37)17-21)44-42-26-7-3-5-9-29(26)51-15-16-52-30-10-6-4-8-27(30)43-45-32(20(2)47)34(49)39-22-12-14-25-28(18-22)41-35(50)40-25/h3-14,17-18,31-32H,15-16,36-37H2,1-2H3,(H,38,48)(H,39,49)(H2,40,41,50)/b44-42+,45-43+. The van der Waals surface area contributed by atoms with E-state index in [1.807, 2.05) is 0 Å². The van der Waals surface area contributed by atoms with Gasteiger partial charge in [-0.2, -0.15) is 20.5 Å². The van der Waals surface area contributed by atoms with Crippen molar-refractivity contribution in [3.63, 3.8) is 0 Å². The van der Waals surface area contributed by atoms with Crippen molar-refractivity contribution in [2.45, 2.75) is 25.9 Å². The van der Waals surface area contributed by atoms with Crippen molar-refractivity contribution >= 4 is 68.5 Å². The number of Topliss-reactive ketones (excluding diaryl/α,β-unsaturated/α-hetero) is 2. The van der Waals surface area contributed by atoms with E-state index in [4.69, 9.17) is 20.9 Å². The summed E-state index contributed by atoms with van der Waals surface area (Å²) in [5.74, 6) is -1.86. The number of hydrogen-bond donors (Lipinski definition) is 6. The maximum absolute atomic E-state index is 12.9. The van der Waals surface area contributed by atoms with Crippen LogP contribution in [0.1, 0.15) is 13.8 Å².